The molecule has 0 spiro atoms. The molecule has 1 aromatic rings. The minimum absolute atomic E-state index is 0.131. The Morgan fingerprint density at radius 2 is 2.44 bits per heavy atom. The Morgan fingerprint density at radius 3 is 3.06 bits per heavy atom. The average Bonchev–Trinajstić information content (AvgIpc) is 2.99. The van der Waals surface area contributed by atoms with Gasteiger partial charge in [-0.2, -0.15) is 0 Å². The van der Waals surface area contributed by atoms with E-state index in [-0.39, 0.29) is 11.1 Å². The Hall–Kier alpha value is -0.920. The number of aromatic nitrogens is 2. The van der Waals surface area contributed by atoms with Crippen LogP contribution in [0.4, 0.5) is 0 Å². The molecule has 1 unspecified atom stereocenters. The van der Waals surface area contributed by atoms with Crippen molar-refractivity contribution in [3.63, 3.8) is 0 Å². The average molecular weight is 273 g/mol. The number of H-pyrrole nitrogens is 1. The predicted molar refractivity (Wildman–Crippen MR) is 66.7 cm³/mol. The number of hydrogen-bond donors (Lipinski definition) is 2. The summed E-state index contributed by atoms with van der Waals surface area (Å²) < 4.78 is 31.8. The lowest BCUT2D eigenvalue weighted by atomic mass is 10.2. The highest BCUT2D eigenvalue weighted by Gasteiger charge is 2.19. The SMILES string of the molecule is CCc1ncc(S(=O)(=O)NCCC2CCCO2)[nH]1. The zero-order valence-electron chi connectivity index (χ0n) is 10.5. The molecule has 0 saturated carbocycles. The van der Waals surface area contributed by atoms with Crippen molar-refractivity contribution >= 4 is 10.0 Å². The van der Waals surface area contributed by atoms with Crippen LogP contribution >= 0.6 is 0 Å². The van der Waals surface area contributed by atoms with E-state index in [1.54, 1.807) is 0 Å². The van der Waals surface area contributed by atoms with Gasteiger partial charge in [0.2, 0.25) is 0 Å². The number of aromatic amines is 1. The number of hydrogen-bond acceptors (Lipinski definition) is 4. The van der Waals surface area contributed by atoms with Crippen LogP contribution in [0.1, 0.15) is 32.0 Å². The van der Waals surface area contributed by atoms with Crippen LogP contribution in [-0.2, 0) is 21.2 Å². The van der Waals surface area contributed by atoms with Crippen molar-refractivity contribution in [2.45, 2.75) is 43.7 Å². The normalized spacial score (nSPS) is 20.4. The molecule has 2 heterocycles. The first-order chi connectivity index (χ1) is 8.62. The van der Waals surface area contributed by atoms with Crippen LogP contribution in [0.3, 0.4) is 0 Å². The summed E-state index contributed by atoms with van der Waals surface area (Å²) in [6.45, 7) is 3.10. The van der Waals surface area contributed by atoms with E-state index < -0.39 is 10.0 Å². The molecule has 7 heteroatoms. The van der Waals surface area contributed by atoms with Crippen LogP contribution in [0.15, 0.2) is 11.2 Å². The van der Waals surface area contributed by atoms with Crippen LogP contribution in [0.2, 0.25) is 0 Å². The number of nitrogens with one attached hydrogen (secondary N) is 2. The van der Waals surface area contributed by atoms with Gasteiger partial charge in [0.25, 0.3) is 10.0 Å². The number of imidazole rings is 1. The van der Waals surface area contributed by atoms with E-state index in [4.69, 9.17) is 4.74 Å². The monoisotopic (exact) mass is 273 g/mol. The van der Waals surface area contributed by atoms with Crippen LogP contribution < -0.4 is 4.72 Å². The van der Waals surface area contributed by atoms with E-state index in [9.17, 15) is 8.42 Å². The fourth-order valence-electron chi connectivity index (χ4n) is 1.96. The number of ether oxygens (including phenoxy) is 1. The Kier molecular flexibility index (Phi) is 4.36. The van der Waals surface area contributed by atoms with Gasteiger partial charge in [-0.3, -0.25) is 0 Å². The third-order valence-electron chi connectivity index (χ3n) is 3.01. The maximum atomic E-state index is 11.9. The van der Waals surface area contributed by atoms with Gasteiger partial charge in [0, 0.05) is 19.6 Å². The molecular formula is C11H19N3O3S. The minimum Gasteiger partial charge on any atom is -0.378 e. The van der Waals surface area contributed by atoms with Gasteiger partial charge in [-0.05, 0) is 19.3 Å². The van der Waals surface area contributed by atoms with Crippen LogP contribution in [-0.4, -0.2) is 37.6 Å². The summed E-state index contributed by atoms with van der Waals surface area (Å²) in [5, 5.41) is 0.131. The van der Waals surface area contributed by atoms with Crippen molar-refractivity contribution in [1.82, 2.24) is 14.7 Å². The van der Waals surface area contributed by atoms with Crippen molar-refractivity contribution < 1.29 is 13.2 Å². The molecule has 18 heavy (non-hydrogen) atoms. The molecule has 1 fully saturated rings. The molecule has 0 aliphatic carbocycles. The summed E-state index contributed by atoms with van der Waals surface area (Å²) in [4.78, 5) is 6.78. The van der Waals surface area contributed by atoms with Crippen molar-refractivity contribution in [2.75, 3.05) is 13.2 Å². The van der Waals surface area contributed by atoms with E-state index in [0.29, 0.717) is 25.2 Å². The second-order valence-corrected chi connectivity index (χ2v) is 6.10. The first-order valence-corrected chi connectivity index (χ1v) is 7.75. The second kappa shape index (κ2) is 5.81. The first kappa shape index (κ1) is 13.5. The van der Waals surface area contributed by atoms with Crippen LogP contribution in [0, 0.1) is 0 Å². The molecule has 2 rings (SSSR count). The standard InChI is InChI=1S/C11H19N3O3S/c1-2-10-12-8-11(14-10)18(15,16)13-6-5-9-4-3-7-17-9/h8-9,13H,2-7H2,1H3,(H,12,14). The molecule has 0 aromatic carbocycles. The second-order valence-electron chi connectivity index (χ2n) is 4.37. The van der Waals surface area contributed by atoms with Gasteiger partial charge in [0.05, 0.1) is 12.3 Å². The van der Waals surface area contributed by atoms with Crippen molar-refractivity contribution in [1.29, 1.82) is 0 Å². The maximum absolute atomic E-state index is 11.9. The van der Waals surface area contributed by atoms with Crippen LogP contribution in [0.5, 0.6) is 0 Å². The highest BCUT2D eigenvalue weighted by molar-refractivity contribution is 7.89. The molecule has 0 radical (unpaired) electrons. The number of rotatable bonds is 6. The quantitative estimate of drug-likeness (QED) is 0.803. The van der Waals surface area contributed by atoms with E-state index in [0.717, 1.165) is 19.4 Å². The van der Waals surface area contributed by atoms with E-state index in [2.05, 4.69) is 14.7 Å². The van der Waals surface area contributed by atoms with E-state index in [1.165, 1.54) is 6.20 Å². The molecule has 1 aliphatic rings. The largest absolute Gasteiger partial charge is 0.378 e. The van der Waals surface area contributed by atoms with Gasteiger partial charge in [0.1, 0.15) is 5.82 Å². The smallest absolute Gasteiger partial charge is 0.257 e. The highest BCUT2D eigenvalue weighted by atomic mass is 32.2. The van der Waals surface area contributed by atoms with E-state index in [1.807, 2.05) is 6.92 Å². The number of sulfonamides is 1. The van der Waals surface area contributed by atoms with Gasteiger partial charge in [0.15, 0.2) is 5.03 Å². The molecular weight excluding hydrogens is 254 g/mol. The summed E-state index contributed by atoms with van der Waals surface area (Å²) in [5.74, 6) is 0.675. The third-order valence-corrected chi connectivity index (χ3v) is 4.38. The summed E-state index contributed by atoms with van der Waals surface area (Å²) in [6.07, 6.45) is 5.04. The number of aryl methyl sites for hydroxylation is 1. The maximum Gasteiger partial charge on any atom is 0.257 e. The molecule has 1 saturated heterocycles. The van der Waals surface area contributed by atoms with E-state index >= 15 is 0 Å². The molecule has 102 valence electrons. The lowest BCUT2D eigenvalue weighted by Crippen LogP contribution is -2.27. The Labute approximate surface area is 107 Å². The Balaban J connectivity index is 1.86. The van der Waals surface area contributed by atoms with Gasteiger partial charge in [-0.25, -0.2) is 18.1 Å². The first-order valence-electron chi connectivity index (χ1n) is 6.27. The molecule has 0 amide bonds. The predicted octanol–water partition coefficient (Wildman–Crippen LogP) is 0.819. The van der Waals surface area contributed by atoms with Gasteiger partial charge >= 0.3 is 0 Å². The van der Waals surface area contributed by atoms with Crippen molar-refractivity contribution in [3.05, 3.63) is 12.0 Å². The summed E-state index contributed by atoms with van der Waals surface area (Å²) >= 11 is 0. The fraction of sp³-hybridized carbons (Fsp3) is 0.727. The zero-order chi connectivity index (χ0) is 13.0. The summed E-state index contributed by atoms with van der Waals surface area (Å²) in [7, 11) is -3.46. The molecule has 1 aliphatic heterocycles. The molecule has 1 atom stereocenters. The lowest BCUT2D eigenvalue weighted by Gasteiger charge is -2.09. The molecule has 0 bridgehead atoms. The van der Waals surface area contributed by atoms with Crippen molar-refractivity contribution in [2.24, 2.45) is 0 Å². The Bertz CT molecular complexity index is 477. The van der Waals surface area contributed by atoms with Crippen molar-refractivity contribution in [3.8, 4) is 0 Å². The van der Waals surface area contributed by atoms with Crippen LogP contribution in [0.25, 0.3) is 0 Å². The lowest BCUT2D eigenvalue weighted by molar-refractivity contribution is 0.105. The fourth-order valence-corrected chi connectivity index (χ4v) is 2.95. The summed E-state index contributed by atoms with van der Waals surface area (Å²) in [5.41, 5.74) is 0. The third kappa shape index (κ3) is 3.30. The molecule has 2 N–H and O–H groups in total. The topological polar surface area (TPSA) is 84.1 Å². The van der Waals surface area contributed by atoms with Gasteiger partial charge in [-0.1, -0.05) is 6.92 Å². The molecule has 6 nitrogen and oxygen atoms in total. The summed E-state index contributed by atoms with van der Waals surface area (Å²) in [6, 6.07) is 0. The van der Waals surface area contributed by atoms with Gasteiger partial charge < -0.3 is 9.72 Å². The number of nitrogens with zero attached hydrogens (tertiary/aromatic N) is 1. The zero-order valence-corrected chi connectivity index (χ0v) is 11.3. The van der Waals surface area contributed by atoms with Gasteiger partial charge in [-0.15, -0.1) is 0 Å². The molecule has 1 aromatic heterocycles. The Morgan fingerprint density at radius 1 is 1.61 bits per heavy atom. The highest BCUT2D eigenvalue weighted by Crippen LogP contribution is 2.15. The minimum atomic E-state index is -3.46.